The Bertz CT molecular complexity index is 1600. The second kappa shape index (κ2) is 14.3. The van der Waals surface area contributed by atoms with Gasteiger partial charge in [-0.2, -0.15) is 0 Å². The highest BCUT2D eigenvalue weighted by atomic mass is 35.5. The third-order valence-electron chi connectivity index (χ3n) is 8.60. The van der Waals surface area contributed by atoms with Crippen LogP contribution in [0.2, 0.25) is 10.0 Å². The minimum atomic E-state index is -1.85. The van der Waals surface area contributed by atoms with Crippen LogP contribution < -0.4 is 5.73 Å². The lowest BCUT2D eigenvalue weighted by molar-refractivity contribution is -0.147. The quantitative estimate of drug-likeness (QED) is 0.246. The highest BCUT2D eigenvalue weighted by Gasteiger charge is 2.55. The Kier molecular flexibility index (Phi) is 11.1. The Morgan fingerprint density at radius 2 is 1.60 bits per heavy atom. The molecule has 9 nitrogen and oxygen atoms in total. The molecule has 252 valence electrons. The van der Waals surface area contributed by atoms with Crippen molar-refractivity contribution < 1.29 is 29.3 Å². The van der Waals surface area contributed by atoms with Gasteiger partial charge in [0.2, 0.25) is 5.91 Å². The van der Waals surface area contributed by atoms with E-state index in [1.807, 2.05) is 38.1 Å². The van der Waals surface area contributed by atoms with Gasteiger partial charge in [-0.1, -0.05) is 73.4 Å². The van der Waals surface area contributed by atoms with Crippen molar-refractivity contribution in [2.45, 2.75) is 57.9 Å². The summed E-state index contributed by atoms with van der Waals surface area (Å²) in [6.07, 6.45) is 2.15. The molecule has 1 unspecified atom stereocenters. The molecule has 11 heteroatoms. The number of halogens is 2. The third kappa shape index (κ3) is 7.82. The molecule has 3 aromatic carbocycles. The van der Waals surface area contributed by atoms with Crippen LogP contribution in [0.1, 0.15) is 72.6 Å². The van der Waals surface area contributed by atoms with Crippen molar-refractivity contribution in [2.24, 2.45) is 17.1 Å². The number of primary amides is 1. The fourth-order valence-electron chi connectivity index (χ4n) is 5.68. The van der Waals surface area contributed by atoms with E-state index >= 15 is 0 Å². The second-order valence-corrected chi connectivity index (χ2v) is 14.1. The summed E-state index contributed by atoms with van der Waals surface area (Å²) in [4.78, 5) is 40.1. The number of hydrogen-bond acceptors (Lipinski definition) is 6. The number of nitrogens with zero attached hydrogens (tertiary/aromatic N) is 2. The Morgan fingerprint density at radius 3 is 2.06 bits per heavy atom. The molecule has 4 N–H and O–H groups in total. The summed E-state index contributed by atoms with van der Waals surface area (Å²) in [6, 6.07) is 19.4. The van der Waals surface area contributed by atoms with E-state index in [0.717, 1.165) is 18.4 Å². The van der Waals surface area contributed by atoms with Crippen LogP contribution in [-0.4, -0.2) is 65.0 Å². The molecule has 2 atom stereocenters. The van der Waals surface area contributed by atoms with Gasteiger partial charge in [0.15, 0.2) is 11.3 Å². The zero-order valence-electron chi connectivity index (χ0n) is 27.4. The number of ether oxygens (including phenoxy) is 1. The fourth-order valence-corrected chi connectivity index (χ4v) is 5.93. The third-order valence-corrected chi connectivity index (χ3v) is 9.11. The zero-order chi connectivity index (χ0) is 34.7. The highest BCUT2D eigenvalue weighted by molar-refractivity contribution is 6.30. The molecule has 0 aromatic heterocycles. The molecule has 0 bridgehead atoms. The van der Waals surface area contributed by atoms with Gasteiger partial charge in [-0.3, -0.25) is 19.3 Å². The number of hydrogen-bond donors (Lipinski definition) is 3. The Hall–Kier alpha value is -3.47. The van der Waals surface area contributed by atoms with Gasteiger partial charge < -0.3 is 25.6 Å². The topological polar surface area (TPSA) is 133 Å². The Labute approximate surface area is 286 Å². The van der Waals surface area contributed by atoms with Gasteiger partial charge in [-0.05, 0) is 67.1 Å². The first-order valence-electron chi connectivity index (χ1n) is 15.5. The maximum absolute atomic E-state index is 14.3. The van der Waals surface area contributed by atoms with Crippen LogP contribution >= 0.6 is 23.2 Å². The Morgan fingerprint density at radius 1 is 1.02 bits per heavy atom. The van der Waals surface area contributed by atoms with Crippen molar-refractivity contribution >= 4 is 40.9 Å². The highest BCUT2D eigenvalue weighted by Crippen LogP contribution is 2.51. The number of amides is 3. The number of carbonyl (C=O) groups excluding carboxylic acids is 3. The first-order valence-corrected chi connectivity index (χ1v) is 16.3. The predicted octanol–water partition coefficient (Wildman–Crippen LogP) is 5.45. The fraction of sp³-hybridized carbons (Fsp3) is 0.417. The number of nitrogens with two attached hydrogens (primary N) is 1. The van der Waals surface area contributed by atoms with E-state index in [9.17, 15) is 24.6 Å². The molecule has 1 saturated carbocycles. The van der Waals surface area contributed by atoms with Crippen LogP contribution in [0.3, 0.4) is 0 Å². The lowest BCUT2D eigenvalue weighted by Gasteiger charge is -2.40. The molecule has 3 amide bonds. The average molecular weight is 685 g/mol. The van der Waals surface area contributed by atoms with Crippen LogP contribution in [0, 0.1) is 11.3 Å². The summed E-state index contributed by atoms with van der Waals surface area (Å²) in [6.45, 7) is 5.75. The van der Waals surface area contributed by atoms with Crippen molar-refractivity contribution in [3.8, 4) is 0 Å². The standard InChI is InChI=1S/C31H32Cl2N2O5.C5H11NO/c1-29(39,28(38)34(2)3)22-8-13-26-25(16-22)27(37)35(17-20-4-9-23(32)10-5-20)31(26,21-6-11-24(33)12-7-21)40-19-30(18-36)14-15-30;1-4(2)3-5(6)7/h4-13,16,36,39H,14-15,17-19H2,1-3H3;4H,3H2,1-2H3,(H2,6,7)/t29?,31-;/m1./s1. The molecule has 1 aliphatic carbocycles. The molecule has 1 aliphatic heterocycles. The summed E-state index contributed by atoms with van der Waals surface area (Å²) in [5.74, 6) is -0.633. The van der Waals surface area contributed by atoms with Crippen molar-refractivity contribution in [3.63, 3.8) is 0 Å². The SMILES string of the molecule is CC(C)CC(N)=O.CN(C)C(=O)C(C)(O)c1ccc2c(c1)C(=O)N(Cc1ccc(Cl)cc1)[C@@]2(OCC1(CO)CC1)c1ccc(Cl)cc1. The normalized spacial score (nSPS) is 19.0. The van der Waals surface area contributed by atoms with E-state index in [-0.39, 0.29) is 37.0 Å². The minimum Gasteiger partial charge on any atom is -0.396 e. The number of likely N-dealkylation sites (N-methyl/N-ethyl adjacent to an activating group) is 1. The summed E-state index contributed by atoms with van der Waals surface area (Å²) in [7, 11) is 3.13. The smallest absolute Gasteiger partial charge is 0.258 e. The molecular weight excluding hydrogens is 641 g/mol. The van der Waals surface area contributed by atoms with Crippen LogP contribution in [-0.2, 0) is 32.2 Å². The minimum absolute atomic E-state index is 0.0177. The lowest BCUT2D eigenvalue weighted by Crippen LogP contribution is -2.47. The van der Waals surface area contributed by atoms with Crippen molar-refractivity contribution in [3.05, 3.63) is 105 Å². The molecule has 3 aromatic rings. The van der Waals surface area contributed by atoms with E-state index in [1.54, 1.807) is 61.5 Å². The molecule has 1 fully saturated rings. The van der Waals surface area contributed by atoms with E-state index in [2.05, 4.69) is 0 Å². The molecular formula is C36H43Cl2N3O6. The molecule has 2 aliphatic rings. The molecule has 0 radical (unpaired) electrons. The molecule has 1 heterocycles. The summed E-state index contributed by atoms with van der Waals surface area (Å²) in [5.41, 5.74) is 4.03. The van der Waals surface area contributed by atoms with Crippen LogP contribution in [0.15, 0.2) is 66.7 Å². The molecule has 0 saturated heterocycles. The molecule has 47 heavy (non-hydrogen) atoms. The number of aliphatic hydroxyl groups excluding tert-OH is 1. The van der Waals surface area contributed by atoms with E-state index in [0.29, 0.717) is 44.6 Å². The summed E-state index contributed by atoms with van der Waals surface area (Å²) >= 11 is 12.4. The predicted molar refractivity (Wildman–Crippen MR) is 182 cm³/mol. The number of benzene rings is 3. The molecule has 5 rings (SSSR count). The maximum atomic E-state index is 14.3. The number of fused-ring (bicyclic) bond motifs is 1. The maximum Gasteiger partial charge on any atom is 0.258 e. The van der Waals surface area contributed by atoms with Crippen LogP contribution in [0.5, 0.6) is 0 Å². The zero-order valence-corrected chi connectivity index (χ0v) is 28.9. The number of aliphatic hydroxyl groups is 2. The number of rotatable bonds is 11. The van der Waals surface area contributed by atoms with E-state index in [4.69, 9.17) is 33.7 Å². The number of carbonyl (C=O) groups is 3. The van der Waals surface area contributed by atoms with E-state index in [1.165, 1.54) is 11.8 Å². The van der Waals surface area contributed by atoms with Gasteiger partial charge in [-0.25, -0.2) is 0 Å². The lowest BCUT2D eigenvalue weighted by atomic mass is 9.88. The van der Waals surface area contributed by atoms with Crippen molar-refractivity contribution in [1.82, 2.24) is 9.80 Å². The second-order valence-electron chi connectivity index (χ2n) is 13.2. The van der Waals surface area contributed by atoms with Gasteiger partial charge in [-0.15, -0.1) is 0 Å². The monoisotopic (exact) mass is 683 g/mol. The summed E-state index contributed by atoms with van der Waals surface area (Å²) < 4.78 is 6.79. The average Bonchev–Trinajstić information content (AvgIpc) is 3.77. The Balaban J connectivity index is 0.000000644. The van der Waals surface area contributed by atoms with Gasteiger partial charge in [0, 0.05) is 59.2 Å². The first kappa shape index (κ1) is 36.4. The van der Waals surface area contributed by atoms with Crippen LogP contribution in [0.25, 0.3) is 0 Å². The summed E-state index contributed by atoms with van der Waals surface area (Å²) in [5, 5.41) is 22.4. The van der Waals surface area contributed by atoms with Gasteiger partial charge in [0.05, 0.1) is 13.2 Å². The van der Waals surface area contributed by atoms with E-state index < -0.39 is 17.2 Å². The first-order chi connectivity index (χ1) is 22.1. The molecule has 0 spiro atoms. The van der Waals surface area contributed by atoms with Gasteiger partial charge in [0.25, 0.3) is 11.8 Å². The van der Waals surface area contributed by atoms with Gasteiger partial charge >= 0.3 is 0 Å². The largest absolute Gasteiger partial charge is 0.396 e. The van der Waals surface area contributed by atoms with Crippen molar-refractivity contribution in [2.75, 3.05) is 27.3 Å². The van der Waals surface area contributed by atoms with Crippen LogP contribution in [0.4, 0.5) is 0 Å². The van der Waals surface area contributed by atoms with Gasteiger partial charge in [0.1, 0.15) is 0 Å². The van der Waals surface area contributed by atoms with Crippen molar-refractivity contribution in [1.29, 1.82) is 0 Å².